The number of fused-ring (bicyclic) bond motifs is 2. The first-order valence-corrected chi connectivity index (χ1v) is 10.3. The van der Waals surface area contributed by atoms with E-state index in [1.807, 2.05) is 11.9 Å². The lowest BCUT2D eigenvalue weighted by Crippen LogP contribution is -2.40. The predicted molar refractivity (Wildman–Crippen MR) is 112 cm³/mol. The SMILES string of the molecule is CN(C(=O)c1ccc(NC(=O)c2ccc(Cl)cc2Cl)cc1)C1C[C@@H]2CC[C@H]1C2. The Hall–Kier alpha value is -2.04. The molecule has 2 aliphatic rings. The van der Waals surface area contributed by atoms with E-state index in [0.29, 0.717) is 38.8 Å². The summed E-state index contributed by atoms with van der Waals surface area (Å²) in [6.45, 7) is 0. The molecule has 2 aromatic rings. The maximum Gasteiger partial charge on any atom is 0.257 e. The van der Waals surface area contributed by atoms with Crippen molar-refractivity contribution in [3.8, 4) is 0 Å². The minimum absolute atomic E-state index is 0.0381. The minimum Gasteiger partial charge on any atom is -0.338 e. The van der Waals surface area contributed by atoms with Crippen molar-refractivity contribution >= 4 is 40.7 Å². The van der Waals surface area contributed by atoms with Crippen molar-refractivity contribution in [1.82, 2.24) is 4.90 Å². The molecule has 2 aliphatic carbocycles. The third-order valence-corrected chi connectivity index (χ3v) is 6.63. The molecule has 2 fully saturated rings. The normalized spacial score (nSPS) is 22.9. The molecule has 2 aromatic carbocycles. The minimum atomic E-state index is -0.320. The van der Waals surface area contributed by atoms with E-state index in [1.165, 1.54) is 25.3 Å². The average Bonchev–Trinajstić information content (AvgIpc) is 3.31. The number of benzene rings is 2. The lowest BCUT2D eigenvalue weighted by Gasteiger charge is -2.31. The highest BCUT2D eigenvalue weighted by Gasteiger charge is 2.42. The maximum atomic E-state index is 12.8. The molecule has 0 saturated heterocycles. The number of halogens is 2. The van der Waals surface area contributed by atoms with Gasteiger partial charge in [0.1, 0.15) is 0 Å². The van der Waals surface area contributed by atoms with Gasteiger partial charge in [0.05, 0.1) is 10.6 Å². The van der Waals surface area contributed by atoms with Crippen molar-refractivity contribution in [3.63, 3.8) is 0 Å². The van der Waals surface area contributed by atoms with Crippen LogP contribution in [0.1, 0.15) is 46.4 Å². The Bertz CT molecular complexity index is 913. The van der Waals surface area contributed by atoms with E-state index in [-0.39, 0.29) is 11.8 Å². The number of anilines is 1. The van der Waals surface area contributed by atoms with Crippen LogP contribution in [0, 0.1) is 11.8 Å². The van der Waals surface area contributed by atoms with Gasteiger partial charge in [0.2, 0.25) is 0 Å². The monoisotopic (exact) mass is 416 g/mol. The van der Waals surface area contributed by atoms with Crippen LogP contribution in [-0.2, 0) is 0 Å². The largest absolute Gasteiger partial charge is 0.338 e. The van der Waals surface area contributed by atoms with Crippen molar-refractivity contribution < 1.29 is 9.59 Å². The fraction of sp³-hybridized carbons (Fsp3) is 0.364. The molecular weight excluding hydrogens is 395 g/mol. The summed E-state index contributed by atoms with van der Waals surface area (Å²) in [5, 5.41) is 3.57. The van der Waals surface area contributed by atoms with Gasteiger partial charge < -0.3 is 10.2 Å². The number of carbonyl (C=O) groups is 2. The predicted octanol–water partition coefficient (Wildman–Crippen LogP) is 5.51. The summed E-state index contributed by atoms with van der Waals surface area (Å²) < 4.78 is 0. The number of nitrogens with zero attached hydrogens (tertiary/aromatic N) is 1. The molecule has 0 spiro atoms. The molecule has 2 bridgehead atoms. The maximum absolute atomic E-state index is 12.8. The van der Waals surface area contributed by atoms with E-state index >= 15 is 0 Å². The summed E-state index contributed by atoms with van der Waals surface area (Å²) in [7, 11) is 1.91. The standard InChI is InChI=1S/C22H22Cl2N2O2/c1-26(20-11-13-2-3-15(20)10-13)22(28)14-4-7-17(8-5-14)25-21(27)18-9-6-16(23)12-19(18)24/h4-9,12-13,15,20H,2-3,10-11H2,1H3,(H,25,27)/t13-,15+,20?/m1/s1. The lowest BCUT2D eigenvalue weighted by atomic mass is 9.94. The van der Waals surface area contributed by atoms with E-state index in [0.717, 1.165) is 12.3 Å². The molecule has 2 amide bonds. The topological polar surface area (TPSA) is 49.4 Å². The Morgan fingerprint density at radius 1 is 1.04 bits per heavy atom. The molecule has 0 aliphatic heterocycles. The van der Waals surface area contributed by atoms with Crippen LogP contribution in [0.15, 0.2) is 42.5 Å². The zero-order valence-electron chi connectivity index (χ0n) is 15.6. The fourth-order valence-electron chi connectivity index (χ4n) is 4.61. The molecule has 28 heavy (non-hydrogen) atoms. The summed E-state index contributed by atoms with van der Waals surface area (Å²) in [4.78, 5) is 27.2. The third kappa shape index (κ3) is 3.76. The number of carbonyl (C=O) groups excluding carboxylic acids is 2. The summed E-state index contributed by atoms with van der Waals surface area (Å²) >= 11 is 12.0. The Morgan fingerprint density at radius 2 is 1.79 bits per heavy atom. The van der Waals surface area contributed by atoms with E-state index in [4.69, 9.17) is 23.2 Å². The molecule has 0 aromatic heterocycles. The Balaban J connectivity index is 1.42. The number of rotatable bonds is 4. The van der Waals surface area contributed by atoms with Gasteiger partial charge in [0, 0.05) is 29.4 Å². The van der Waals surface area contributed by atoms with Crippen LogP contribution in [0.3, 0.4) is 0 Å². The first-order chi connectivity index (χ1) is 13.4. The first kappa shape index (κ1) is 19.3. The number of hydrogen-bond acceptors (Lipinski definition) is 2. The molecule has 0 heterocycles. The molecule has 1 N–H and O–H groups in total. The molecule has 0 radical (unpaired) electrons. The second kappa shape index (κ2) is 7.76. The number of nitrogens with one attached hydrogen (secondary N) is 1. The van der Waals surface area contributed by atoms with Crippen LogP contribution in [0.25, 0.3) is 0 Å². The smallest absolute Gasteiger partial charge is 0.257 e. The van der Waals surface area contributed by atoms with E-state index in [2.05, 4.69) is 5.32 Å². The Morgan fingerprint density at radius 3 is 2.39 bits per heavy atom. The van der Waals surface area contributed by atoms with E-state index < -0.39 is 0 Å². The van der Waals surface area contributed by atoms with Crippen LogP contribution >= 0.6 is 23.2 Å². The molecule has 4 rings (SSSR count). The van der Waals surface area contributed by atoms with Crippen LogP contribution in [-0.4, -0.2) is 29.8 Å². The molecule has 4 nitrogen and oxygen atoms in total. The van der Waals surface area contributed by atoms with Gasteiger partial charge in [0.25, 0.3) is 11.8 Å². The van der Waals surface area contributed by atoms with Crippen molar-refractivity contribution in [2.75, 3.05) is 12.4 Å². The van der Waals surface area contributed by atoms with Crippen molar-refractivity contribution in [1.29, 1.82) is 0 Å². The van der Waals surface area contributed by atoms with Crippen LogP contribution in [0.4, 0.5) is 5.69 Å². The summed E-state index contributed by atoms with van der Waals surface area (Å²) in [6, 6.07) is 12.1. The number of hydrogen-bond donors (Lipinski definition) is 1. The van der Waals surface area contributed by atoms with Gasteiger partial charge in [-0.1, -0.05) is 29.6 Å². The molecule has 3 atom stereocenters. The van der Waals surface area contributed by atoms with Gasteiger partial charge >= 0.3 is 0 Å². The lowest BCUT2D eigenvalue weighted by molar-refractivity contribution is 0.0677. The Kier molecular flexibility index (Phi) is 5.35. The zero-order valence-corrected chi connectivity index (χ0v) is 17.1. The van der Waals surface area contributed by atoms with Gasteiger partial charge in [0.15, 0.2) is 0 Å². The first-order valence-electron chi connectivity index (χ1n) is 9.56. The molecular formula is C22H22Cl2N2O2. The Labute approximate surface area is 174 Å². The highest BCUT2D eigenvalue weighted by Crippen LogP contribution is 2.46. The summed E-state index contributed by atoms with van der Waals surface area (Å²) in [5.41, 5.74) is 1.59. The fourth-order valence-corrected chi connectivity index (χ4v) is 5.10. The van der Waals surface area contributed by atoms with E-state index in [1.54, 1.807) is 36.4 Å². The van der Waals surface area contributed by atoms with Crippen LogP contribution in [0.5, 0.6) is 0 Å². The quantitative estimate of drug-likeness (QED) is 0.714. The number of amides is 2. The summed E-state index contributed by atoms with van der Waals surface area (Å²) in [5.74, 6) is 1.17. The van der Waals surface area contributed by atoms with Gasteiger partial charge in [-0.25, -0.2) is 0 Å². The van der Waals surface area contributed by atoms with Gasteiger partial charge in [-0.3, -0.25) is 9.59 Å². The van der Waals surface area contributed by atoms with Gasteiger partial charge in [-0.2, -0.15) is 0 Å². The summed E-state index contributed by atoms with van der Waals surface area (Å²) in [6.07, 6.45) is 4.95. The third-order valence-electron chi connectivity index (χ3n) is 6.08. The van der Waals surface area contributed by atoms with Gasteiger partial charge in [-0.05, 0) is 73.6 Å². The molecule has 6 heteroatoms. The second-order valence-corrected chi connectivity index (χ2v) is 8.66. The van der Waals surface area contributed by atoms with Crippen LogP contribution in [0.2, 0.25) is 10.0 Å². The molecule has 1 unspecified atom stereocenters. The van der Waals surface area contributed by atoms with Crippen molar-refractivity contribution in [3.05, 3.63) is 63.6 Å². The molecule has 2 saturated carbocycles. The van der Waals surface area contributed by atoms with Gasteiger partial charge in [-0.15, -0.1) is 0 Å². The molecule has 146 valence electrons. The zero-order chi connectivity index (χ0) is 19.8. The van der Waals surface area contributed by atoms with Crippen molar-refractivity contribution in [2.24, 2.45) is 11.8 Å². The average molecular weight is 417 g/mol. The highest BCUT2D eigenvalue weighted by atomic mass is 35.5. The highest BCUT2D eigenvalue weighted by molar-refractivity contribution is 6.37. The van der Waals surface area contributed by atoms with E-state index in [9.17, 15) is 9.59 Å². The van der Waals surface area contributed by atoms with Crippen LogP contribution < -0.4 is 5.32 Å². The van der Waals surface area contributed by atoms with Crippen molar-refractivity contribution in [2.45, 2.75) is 31.7 Å². The second-order valence-electron chi connectivity index (χ2n) is 7.81.